The van der Waals surface area contributed by atoms with E-state index in [1.165, 1.54) is 44.2 Å². The minimum atomic E-state index is 0.844. The zero-order valence-electron chi connectivity index (χ0n) is 11.5. The van der Waals surface area contributed by atoms with E-state index < -0.39 is 0 Å². The summed E-state index contributed by atoms with van der Waals surface area (Å²) in [7, 11) is 1.71. The van der Waals surface area contributed by atoms with Gasteiger partial charge in [-0.1, -0.05) is 6.07 Å². The van der Waals surface area contributed by atoms with E-state index in [9.17, 15) is 0 Å². The summed E-state index contributed by atoms with van der Waals surface area (Å²) in [5, 5.41) is 3.67. The molecule has 2 fully saturated rings. The van der Waals surface area contributed by atoms with Crippen molar-refractivity contribution in [1.82, 2.24) is 5.32 Å². The van der Waals surface area contributed by atoms with Crippen LogP contribution in [0.25, 0.3) is 0 Å². The van der Waals surface area contributed by atoms with Gasteiger partial charge in [-0.15, -0.1) is 0 Å². The lowest BCUT2D eigenvalue weighted by atomic mass is 9.70. The molecule has 0 saturated heterocycles. The van der Waals surface area contributed by atoms with Crippen LogP contribution in [0.5, 0.6) is 5.75 Å². The highest BCUT2D eigenvalue weighted by atomic mass is 79.9. The lowest BCUT2D eigenvalue weighted by Gasteiger charge is -2.37. The summed E-state index contributed by atoms with van der Waals surface area (Å²) in [4.78, 5) is 0. The summed E-state index contributed by atoms with van der Waals surface area (Å²) in [5.74, 6) is 2.68. The Bertz CT molecular complexity index is 444. The van der Waals surface area contributed by atoms with Crippen LogP contribution in [-0.2, 0) is 6.42 Å². The molecule has 1 aromatic carbocycles. The number of nitrogens with one attached hydrogen (secondary N) is 1. The summed E-state index contributed by atoms with van der Waals surface area (Å²) in [6.45, 7) is 1.23. The molecule has 0 aliphatic heterocycles. The Morgan fingerprint density at radius 1 is 1.21 bits per heavy atom. The van der Waals surface area contributed by atoms with Gasteiger partial charge in [-0.05, 0) is 84.1 Å². The van der Waals surface area contributed by atoms with Gasteiger partial charge in [-0.2, -0.15) is 0 Å². The summed E-state index contributed by atoms with van der Waals surface area (Å²) in [6.07, 6.45) is 6.79. The molecule has 1 aromatic rings. The van der Waals surface area contributed by atoms with Crippen molar-refractivity contribution in [3.05, 3.63) is 28.2 Å². The number of halogens is 1. The molecule has 2 unspecified atom stereocenters. The van der Waals surface area contributed by atoms with Crippen LogP contribution in [0, 0.1) is 11.8 Å². The molecule has 0 bridgehead atoms. The van der Waals surface area contributed by atoms with Crippen LogP contribution in [-0.4, -0.2) is 19.7 Å². The summed E-state index contributed by atoms with van der Waals surface area (Å²) in [6, 6.07) is 7.32. The highest BCUT2D eigenvalue weighted by molar-refractivity contribution is 9.10. The Morgan fingerprint density at radius 2 is 2.00 bits per heavy atom. The van der Waals surface area contributed by atoms with Gasteiger partial charge < -0.3 is 10.1 Å². The van der Waals surface area contributed by atoms with E-state index in [2.05, 4.69) is 39.4 Å². The average molecular weight is 324 g/mol. The van der Waals surface area contributed by atoms with Crippen molar-refractivity contribution in [1.29, 1.82) is 0 Å². The molecule has 104 valence electrons. The SMILES string of the molecule is COc1ccc(CC2CCC2CNC2CC2)cc1Br. The van der Waals surface area contributed by atoms with E-state index in [0.717, 1.165) is 28.1 Å². The molecule has 1 N–H and O–H groups in total. The third kappa shape index (κ3) is 3.32. The largest absolute Gasteiger partial charge is 0.496 e. The maximum absolute atomic E-state index is 5.28. The van der Waals surface area contributed by atoms with Crippen LogP contribution in [0.1, 0.15) is 31.2 Å². The first-order valence-electron chi connectivity index (χ1n) is 7.32. The van der Waals surface area contributed by atoms with Crippen LogP contribution < -0.4 is 10.1 Å². The van der Waals surface area contributed by atoms with Gasteiger partial charge in [0, 0.05) is 6.04 Å². The first kappa shape index (κ1) is 13.4. The topological polar surface area (TPSA) is 21.3 Å². The Labute approximate surface area is 124 Å². The van der Waals surface area contributed by atoms with Crippen molar-refractivity contribution in [2.45, 2.75) is 38.1 Å². The highest BCUT2D eigenvalue weighted by Crippen LogP contribution is 2.38. The highest BCUT2D eigenvalue weighted by Gasteiger charge is 2.32. The van der Waals surface area contributed by atoms with Crippen LogP contribution in [0.15, 0.2) is 22.7 Å². The Hall–Kier alpha value is -0.540. The van der Waals surface area contributed by atoms with Gasteiger partial charge in [0.25, 0.3) is 0 Å². The maximum Gasteiger partial charge on any atom is 0.133 e. The predicted octanol–water partition coefficient (Wildman–Crippen LogP) is 3.78. The van der Waals surface area contributed by atoms with Crippen molar-refractivity contribution in [3.8, 4) is 5.75 Å². The van der Waals surface area contributed by atoms with E-state index in [1.807, 2.05) is 0 Å². The molecule has 2 nitrogen and oxygen atoms in total. The standard InChI is InChI=1S/C16H22BrNO/c1-19-16-7-2-11(9-15(16)17)8-12-3-4-13(12)10-18-14-5-6-14/h2,7,9,12-14,18H,3-6,8,10H2,1H3. The van der Waals surface area contributed by atoms with Crippen LogP contribution in [0.2, 0.25) is 0 Å². The molecule has 19 heavy (non-hydrogen) atoms. The molecule has 0 aromatic heterocycles. The monoisotopic (exact) mass is 323 g/mol. The minimum Gasteiger partial charge on any atom is -0.496 e. The normalized spacial score (nSPS) is 26.0. The molecule has 3 heteroatoms. The number of ether oxygens (including phenoxy) is 1. The zero-order chi connectivity index (χ0) is 13.2. The molecule has 2 aliphatic carbocycles. The zero-order valence-corrected chi connectivity index (χ0v) is 13.1. The summed E-state index contributed by atoms with van der Waals surface area (Å²) < 4.78 is 6.35. The second kappa shape index (κ2) is 5.84. The van der Waals surface area contributed by atoms with Crippen molar-refractivity contribution < 1.29 is 4.74 Å². The number of rotatable bonds is 6. The van der Waals surface area contributed by atoms with E-state index in [0.29, 0.717) is 0 Å². The second-order valence-electron chi connectivity index (χ2n) is 5.95. The molecule has 2 atom stereocenters. The van der Waals surface area contributed by atoms with Gasteiger partial charge in [-0.3, -0.25) is 0 Å². The quantitative estimate of drug-likeness (QED) is 0.860. The minimum absolute atomic E-state index is 0.844. The molecule has 0 amide bonds. The molecule has 3 rings (SSSR count). The summed E-state index contributed by atoms with van der Waals surface area (Å²) >= 11 is 3.57. The van der Waals surface area contributed by atoms with Gasteiger partial charge in [-0.25, -0.2) is 0 Å². The first-order chi connectivity index (χ1) is 9.26. The van der Waals surface area contributed by atoms with Crippen LogP contribution in [0.4, 0.5) is 0 Å². The Kier molecular flexibility index (Phi) is 4.13. The smallest absolute Gasteiger partial charge is 0.133 e. The van der Waals surface area contributed by atoms with Gasteiger partial charge in [0.1, 0.15) is 5.75 Å². The lowest BCUT2D eigenvalue weighted by molar-refractivity contribution is 0.170. The lowest BCUT2D eigenvalue weighted by Crippen LogP contribution is -2.37. The number of hydrogen-bond donors (Lipinski definition) is 1. The van der Waals surface area contributed by atoms with Gasteiger partial charge in [0.05, 0.1) is 11.6 Å². The molecular formula is C16H22BrNO. The van der Waals surface area contributed by atoms with Crippen molar-refractivity contribution in [2.75, 3.05) is 13.7 Å². The number of methoxy groups -OCH3 is 1. The van der Waals surface area contributed by atoms with Gasteiger partial charge in [0.15, 0.2) is 0 Å². The fourth-order valence-electron chi connectivity index (χ4n) is 2.92. The van der Waals surface area contributed by atoms with Gasteiger partial charge >= 0.3 is 0 Å². The molecular weight excluding hydrogens is 302 g/mol. The van der Waals surface area contributed by atoms with Gasteiger partial charge in [0.2, 0.25) is 0 Å². The van der Waals surface area contributed by atoms with Crippen LogP contribution >= 0.6 is 15.9 Å². The Morgan fingerprint density at radius 3 is 2.58 bits per heavy atom. The predicted molar refractivity (Wildman–Crippen MR) is 81.6 cm³/mol. The van der Waals surface area contributed by atoms with Crippen molar-refractivity contribution in [3.63, 3.8) is 0 Å². The number of hydrogen-bond acceptors (Lipinski definition) is 2. The first-order valence-corrected chi connectivity index (χ1v) is 8.11. The third-order valence-electron chi connectivity index (χ3n) is 4.54. The van der Waals surface area contributed by atoms with Crippen molar-refractivity contribution >= 4 is 15.9 Å². The third-order valence-corrected chi connectivity index (χ3v) is 5.15. The van der Waals surface area contributed by atoms with Crippen molar-refractivity contribution in [2.24, 2.45) is 11.8 Å². The Balaban J connectivity index is 1.53. The second-order valence-corrected chi connectivity index (χ2v) is 6.81. The van der Waals surface area contributed by atoms with E-state index in [-0.39, 0.29) is 0 Å². The molecule has 2 saturated carbocycles. The average Bonchev–Trinajstić information content (AvgIpc) is 3.19. The fourth-order valence-corrected chi connectivity index (χ4v) is 3.51. The number of benzene rings is 1. The van der Waals surface area contributed by atoms with Crippen LogP contribution in [0.3, 0.4) is 0 Å². The molecule has 2 aliphatic rings. The van der Waals surface area contributed by atoms with E-state index >= 15 is 0 Å². The molecule has 0 heterocycles. The maximum atomic E-state index is 5.28. The summed E-state index contributed by atoms with van der Waals surface area (Å²) in [5.41, 5.74) is 1.42. The van der Waals surface area contributed by atoms with E-state index in [4.69, 9.17) is 4.74 Å². The fraction of sp³-hybridized carbons (Fsp3) is 0.625. The van der Waals surface area contributed by atoms with E-state index in [1.54, 1.807) is 7.11 Å². The molecule has 0 spiro atoms. The molecule has 0 radical (unpaired) electrons.